The molecule has 0 saturated carbocycles. The lowest BCUT2D eigenvalue weighted by Crippen LogP contribution is -2.10. The minimum atomic E-state index is -0.540. The van der Waals surface area contributed by atoms with Gasteiger partial charge >= 0.3 is 0 Å². The zero-order valence-electron chi connectivity index (χ0n) is 16.1. The molecule has 0 atom stereocenters. The van der Waals surface area contributed by atoms with Crippen molar-refractivity contribution in [1.29, 1.82) is 0 Å². The van der Waals surface area contributed by atoms with Crippen molar-refractivity contribution in [2.24, 2.45) is 0 Å². The molecule has 2 aromatic heterocycles. The third-order valence-electron chi connectivity index (χ3n) is 4.56. The van der Waals surface area contributed by atoms with Crippen LogP contribution >= 0.6 is 0 Å². The molecule has 31 heavy (non-hydrogen) atoms. The number of benzene rings is 2. The van der Waals surface area contributed by atoms with E-state index in [2.05, 4.69) is 20.6 Å². The normalized spacial score (nSPS) is 11.5. The first kappa shape index (κ1) is 19.9. The van der Waals surface area contributed by atoms with E-state index in [1.54, 1.807) is 47.0 Å². The van der Waals surface area contributed by atoms with Crippen LogP contribution in [0.2, 0.25) is 0 Å². The molecule has 0 saturated heterocycles. The molecule has 154 valence electrons. The summed E-state index contributed by atoms with van der Waals surface area (Å²) in [7, 11) is 0. The molecule has 0 bridgehead atoms. The van der Waals surface area contributed by atoms with Gasteiger partial charge in [-0.2, -0.15) is 5.21 Å². The maximum Gasteiger partial charge on any atom is 0.239 e. The van der Waals surface area contributed by atoms with Crippen LogP contribution in [0.4, 0.5) is 4.39 Å². The summed E-state index contributed by atoms with van der Waals surface area (Å²) < 4.78 is 14.9. The van der Waals surface area contributed by atoms with Gasteiger partial charge in [-0.3, -0.25) is 9.59 Å². The van der Waals surface area contributed by atoms with Crippen molar-refractivity contribution >= 4 is 17.3 Å². The van der Waals surface area contributed by atoms with Crippen LogP contribution in [0.3, 0.4) is 0 Å². The van der Waals surface area contributed by atoms with E-state index in [1.807, 2.05) is 0 Å². The molecule has 0 unspecified atom stereocenters. The third-order valence-corrected chi connectivity index (χ3v) is 4.56. The number of carbonyl (C=O) groups is 2. The number of nitrogens with zero attached hydrogens (tertiary/aromatic N) is 4. The largest absolute Gasteiger partial charge is 0.504 e. The Balaban J connectivity index is 1.70. The van der Waals surface area contributed by atoms with E-state index in [1.165, 1.54) is 24.4 Å². The van der Waals surface area contributed by atoms with Crippen LogP contribution in [-0.4, -0.2) is 41.9 Å². The summed E-state index contributed by atoms with van der Waals surface area (Å²) in [5.41, 5.74) is 1.69. The molecule has 0 aliphatic heterocycles. The van der Waals surface area contributed by atoms with Gasteiger partial charge in [0.1, 0.15) is 5.82 Å². The molecule has 0 aliphatic carbocycles. The highest BCUT2D eigenvalue weighted by atomic mass is 19.1. The summed E-state index contributed by atoms with van der Waals surface area (Å²) >= 11 is 0. The van der Waals surface area contributed by atoms with Gasteiger partial charge < -0.3 is 9.67 Å². The summed E-state index contributed by atoms with van der Waals surface area (Å²) in [4.78, 5) is 25.7. The number of halogens is 1. The lowest BCUT2D eigenvalue weighted by atomic mass is 10.1. The quantitative estimate of drug-likeness (QED) is 0.271. The molecule has 4 rings (SSSR count). The number of aliphatic hydroxyl groups excluding tert-OH is 1. The number of aromatic amines is 1. The molecule has 9 heteroatoms. The second-order valence-electron chi connectivity index (χ2n) is 6.69. The number of carbonyl (C=O) groups excluding carboxylic acids is 2. The van der Waals surface area contributed by atoms with Crippen LogP contribution in [0.25, 0.3) is 5.76 Å². The molecular weight excluding hydrogens is 401 g/mol. The molecule has 0 aliphatic rings. The minimum Gasteiger partial charge on any atom is -0.504 e. The van der Waals surface area contributed by atoms with Crippen LogP contribution in [0.1, 0.15) is 37.8 Å². The number of hydrogen-bond acceptors (Lipinski definition) is 6. The Kier molecular flexibility index (Phi) is 5.48. The Hall–Kier alpha value is -4.40. The number of allylic oxidation sites excluding steroid dienone is 1. The second-order valence-corrected chi connectivity index (χ2v) is 6.69. The molecule has 2 heterocycles. The van der Waals surface area contributed by atoms with Crippen LogP contribution in [0.15, 0.2) is 72.9 Å². The number of hydrogen-bond donors (Lipinski definition) is 2. The molecule has 8 nitrogen and oxygen atoms in total. The highest BCUT2D eigenvalue weighted by molar-refractivity contribution is 6.12. The molecule has 0 amide bonds. The summed E-state index contributed by atoms with van der Waals surface area (Å²) in [6.45, 7) is 0.252. The maximum absolute atomic E-state index is 13.2. The van der Waals surface area contributed by atoms with Gasteiger partial charge in [0.15, 0.2) is 11.5 Å². The molecule has 4 aromatic rings. The van der Waals surface area contributed by atoms with Crippen LogP contribution in [0, 0.1) is 5.82 Å². The first-order chi connectivity index (χ1) is 15.0. The van der Waals surface area contributed by atoms with E-state index < -0.39 is 11.5 Å². The van der Waals surface area contributed by atoms with Gasteiger partial charge in [0, 0.05) is 29.9 Å². The summed E-state index contributed by atoms with van der Waals surface area (Å²) in [6, 6.07) is 16.0. The lowest BCUT2D eigenvalue weighted by molar-refractivity contribution is 0.102. The Morgan fingerprint density at radius 3 is 2.48 bits per heavy atom. The molecule has 0 spiro atoms. The number of H-pyrrole nitrogens is 1. The fourth-order valence-corrected chi connectivity index (χ4v) is 3.03. The van der Waals surface area contributed by atoms with Gasteiger partial charge in [0.25, 0.3) is 0 Å². The number of aromatic nitrogens is 5. The van der Waals surface area contributed by atoms with Crippen LogP contribution in [0.5, 0.6) is 0 Å². The fourth-order valence-electron chi connectivity index (χ4n) is 3.03. The van der Waals surface area contributed by atoms with Crippen molar-refractivity contribution < 1.29 is 19.1 Å². The van der Waals surface area contributed by atoms with Gasteiger partial charge in [0.2, 0.25) is 11.6 Å². The molecule has 0 radical (unpaired) electrons. The average Bonchev–Trinajstić information content (AvgIpc) is 3.46. The number of aliphatic hydroxyl groups is 1. The summed E-state index contributed by atoms with van der Waals surface area (Å²) in [5, 5.41) is 22.7. The van der Waals surface area contributed by atoms with E-state index in [9.17, 15) is 19.1 Å². The highest BCUT2D eigenvalue weighted by Gasteiger charge is 2.19. The molecule has 2 aromatic carbocycles. The summed E-state index contributed by atoms with van der Waals surface area (Å²) in [6.07, 6.45) is 2.47. The Morgan fingerprint density at radius 1 is 1.06 bits per heavy atom. The molecule has 0 fully saturated rings. The molecule has 2 N–H and O–H groups in total. The van der Waals surface area contributed by atoms with Crippen molar-refractivity contribution in [3.05, 3.63) is 107 Å². The van der Waals surface area contributed by atoms with Crippen LogP contribution < -0.4 is 0 Å². The zero-order chi connectivity index (χ0) is 21.8. The number of rotatable bonds is 7. The monoisotopic (exact) mass is 417 g/mol. The predicted molar refractivity (Wildman–Crippen MR) is 109 cm³/mol. The number of nitrogens with one attached hydrogen (secondary N) is 1. The first-order valence-electron chi connectivity index (χ1n) is 9.24. The SMILES string of the molecule is O=C(C=C(O)c1nn[nH]n1)c1cc(C(=O)c2ccccc2)n(Cc2ccc(F)cc2)c1. The smallest absolute Gasteiger partial charge is 0.239 e. The maximum atomic E-state index is 13.2. The van der Waals surface area contributed by atoms with E-state index in [0.29, 0.717) is 5.56 Å². The van der Waals surface area contributed by atoms with Gasteiger partial charge in [-0.1, -0.05) is 42.5 Å². The van der Waals surface area contributed by atoms with E-state index >= 15 is 0 Å². The van der Waals surface area contributed by atoms with Crippen molar-refractivity contribution in [1.82, 2.24) is 25.2 Å². The van der Waals surface area contributed by atoms with Crippen molar-refractivity contribution in [2.45, 2.75) is 6.54 Å². The van der Waals surface area contributed by atoms with Crippen molar-refractivity contribution in [3.63, 3.8) is 0 Å². The van der Waals surface area contributed by atoms with E-state index in [-0.39, 0.29) is 35.2 Å². The van der Waals surface area contributed by atoms with E-state index in [4.69, 9.17) is 0 Å². The molecular formula is C22H16FN5O3. The minimum absolute atomic E-state index is 0.125. The standard InChI is InChI=1S/C22H16FN5O3/c23-17-8-6-14(7-9-17)12-28-13-16(19(29)11-20(30)22-24-26-27-25-22)10-18(28)21(31)15-4-2-1-3-5-15/h1-11,13,30H,12H2,(H,24,25,26,27). The average molecular weight is 417 g/mol. The third kappa shape index (κ3) is 4.45. The van der Waals surface area contributed by atoms with Crippen molar-refractivity contribution in [3.8, 4) is 0 Å². The Bertz CT molecular complexity index is 1250. The topological polar surface area (TPSA) is 114 Å². The van der Waals surface area contributed by atoms with Gasteiger partial charge in [0.05, 0.1) is 5.69 Å². The number of tetrazole rings is 1. The van der Waals surface area contributed by atoms with Gasteiger partial charge in [-0.25, -0.2) is 4.39 Å². The lowest BCUT2D eigenvalue weighted by Gasteiger charge is -2.09. The Morgan fingerprint density at radius 2 is 1.81 bits per heavy atom. The fraction of sp³-hybridized carbons (Fsp3) is 0.0455. The van der Waals surface area contributed by atoms with Crippen molar-refractivity contribution in [2.75, 3.05) is 0 Å². The predicted octanol–water partition coefficient (Wildman–Crippen LogP) is 3.20. The van der Waals surface area contributed by atoms with E-state index in [0.717, 1.165) is 11.6 Å². The van der Waals surface area contributed by atoms with Crippen LogP contribution in [-0.2, 0) is 6.54 Å². The Labute approximate surface area is 175 Å². The van der Waals surface area contributed by atoms with Gasteiger partial charge in [-0.15, -0.1) is 10.2 Å². The van der Waals surface area contributed by atoms with Gasteiger partial charge in [-0.05, 0) is 29.0 Å². The number of ketones is 2. The second kappa shape index (κ2) is 8.54. The summed E-state index contributed by atoms with van der Waals surface area (Å²) in [5.74, 6) is -1.76. The first-order valence-corrected chi connectivity index (χ1v) is 9.24. The zero-order valence-corrected chi connectivity index (χ0v) is 16.1. The highest BCUT2D eigenvalue weighted by Crippen LogP contribution is 2.18.